The maximum absolute atomic E-state index is 3.64. The highest BCUT2D eigenvalue weighted by Gasteiger charge is 2.20. The van der Waals surface area contributed by atoms with Crippen LogP contribution in [0, 0.1) is 0 Å². The van der Waals surface area contributed by atoms with Crippen LogP contribution < -0.4 is 5.32 Å². The van der Waals surface area contributed by atoms with Crippen molar-refractivity contribution in [2.45, 2.75) is 25.9 Å². The van der Waals surface area contributed by atoms with Crippen molar-refractivity contribution < 1.29 is 0 Å². The fraction of sp³-hybridized carbons (Fsp3) is 0.368. The van der Waals surface area contributed by atoms with Crippen LogP contribution in [0.5, 0.6) is 0 Å². The van der Waals surface area contributed by atoms with Gasteiger partial charge in [-0.3, -0.25) is 4.90 Å². The van der Waals surface area contributed by atoms with Crippen molar-refractivity contribution in [1.82, 2.24) is 10.2 Å². The van der Waals surface area contributed by atoms with Crippen LogP contribution in [0.3, 0.4) is 0 Å². The van der Waals surface area contributed by atoms with E-state index in [0.29, 0.717) is 6.04 Å². The summed E-state index contributed by atoms with van der Waals surface area (Å²) in [5.41, 5.74) is 4.35. The molecule has 1 heterocycles. The predicted octanol–water partition coefficient (Wildman–Crippen LogP) is 3.40. The summed E-state index contributed by atoms with van der Waals surface area (Å²) < 4.78 is 0. The molecule has 2 heteroatoms. The van der Waals surface area contributed by atoms with Crippen molar-refractivity contribution in [1.29, 1.82) is 0 Å². The zero-order chi connectivity index (χ0) is 14.5. The van der Waals surface area contributed by atoms with Crippen LogP contribution in [-0.2, 0) is 13.0 Å². The van der Waals surface area contributed by atoms with Crippen LogP contribution >= 0.6 is 0 Å². The SMILES string of the molecule is CCc1ccccc1CN1CCNC(c2ccccc2)C1. The molecule has 1 N–H and O–H groups in total. The van der Waals surface area contributed by atoms with Crippen molar-refractivity contribution in [3.8, 4) is 0 Å². The average molecular weight is 280 g/mol. The smallest absolute Gasteiger partial charge is 0.0449 e. The third-order valence-corrected chi connectivity index (χ3v) is 4.35. The second kappa shape index (κ2) is 6.88. The maximum Gasteiger partial charge on any atom is 0.0449 e. The first-order chi connectivity index (χ1) is 10.4. The molecule has 0 radical (unpaired) electrons. The van der Waals surface area contributed by atoms with E-state index in [1.165, 1.54) is 16.7 Å². The third kappa shape index (κ3) is 3.52. The molecule has 1 aliphatic heterocycles. The van der Waals surface area contributed by atoms with Gasteiger partial charge in [0.05, 0.1) is 0 Å². The Kier molecular flexibility index (Phi) is 4.69. The molecule has 0 aliphatic carbocycles. The van der Waals surface area contributed by atoms with Gasteiger partial charge in [0, 0.05) is 32.2 Å². The van der Waals surface area contributed by atoms with Crippen molar-refractivity contribution in [2.75, 3.05) is 19.6 Å². The summed E-state index contributed by atoms with van der Waals surface area (Å²) >= 11 is 0. The van der Waals surface area contributed by atoms with Crippen molar-refractivity contribution in [3.05, 3.63) is 71.3 Å². The number of hydrogen-bond donors (Lipinski definition) is 1. The number of aryl methyl sites for hydroxylation is 1. The monoisotopic (exact) mass is 280 g/mol. The highest BCUT2D eigenvalue weighted by Crippen LogP contribution is 2.19. The lowest BCUT2D eigenvalue weighted by molar-refractivity contribution is 0.193. The molecular weight excluding hydrogens is 256 g/mol. The Hall–Kier alpha value is -1.64. The zero-order valence-electron chi connectivity index (χ0n) is 12.8. The molecule has 0 amide bonds. The van der Waals surface area contributed by atoms with E-state index in [1.54, 1.807) is 0 Å². The second-order valence-corrected chi connectivity index (χ2v) is 5.77. The van der Waals surface area contributed by atoms with Crippen LogP contribution in [0.25, 0.3) is 0 Å². The van der Waals surface area contributed by atoms with Crippen molar-refractivity contribution in [3.63, 3.8) is 0 Å². The summed E-state index contributed by atoms with van der Waals surface area (Å²) in [5, 5.41) is 3.64. The van der Waals surface area contributed by atoms with Gasteiger partial charge in [0.1, 0.15) is 0 Å². The second-order valence-electron chi connectivity index (χ2n) is 5.77. The van der Waals surface area contributed by atoms with Crippen LogP contribution in [0.4, 0.5) is 0 Å². The van der Waals surface area contributed by atoms with Gasteiger partial charge < -0.3 is 5.32 Å². The molecular formula is C19H24N2. The normalized spacial score (nSPS) is 19.6. The van der Waals surface area contributed by atoms with Crippen LogP contribution in [-0.4, -0.2) is 24.5 Å². The van der Waals surface area contributed by atoms with E-state index in [0.717, 1.165) is 32.6 Å². The molecule has 2 aromatic rings. The molecule has 1 aliphatic rings. The maximum atomic E-state index is 3.64. The summed E-state index contributed by atoms with van der Waals surface area (Å²) in [5.74, 6) is 0. The lowest BCUT2D eigenvalue weighted by Crippen LogP contribution is -2.45. The van der Waals surface area contributed by atoms with Crippen LogP contribution in [0.1, 0.15) is 29.7 Å². The molecule has 0 saturated carbocycles. The first-order valence-electron chi connectivity index (χ1n) is 7.94. The Morgan fingerprint density at radius 2 is 1.71 bits per heavy atom. The van der Waals surface area contributed by atoms with Gasteiger partial charge >= 0.3 is 0 Å². The minimum absolute atomic E-state index is 0.453. The molecule has 2 aromatic carbocycles. The molecule has 21 heavy (non-hydrogen) atoms. The molecule has 1 atom stereocenters. The Morgan fingerprint density at radius 1 is 1.00 bits per heavy atom. The molecule has 110 valence electrons. The van der Waals surface area contributed by atoms with Gasteiger partial charge in [0.2, 0.25) is 0 Å². The Balaban J connectivity index is 1.69. The first kappa shape index (κ1) is 14.3. The zero-order valence-corrected chi connectivity index (χ0v) is 12.8. The molecule has 0 spiro atoms. The number of benzene rings is 2. The molecule has 1 unspecified atom stereocenters. The first-order valence-corrected chi connectivity index (χ1v) is 7.94. The van der Waals surface area contributed by atoms with Gasteiger partial charge in [-0.2, -0.15) is 0 Å². The largest absolute Gasteiger partial charge is 0.308 e. The van der Waals surface area contributed by atoms with Crippen molar-refractivity contribution in [2.24, 2.45) is 0 Å². The fourth-order valence-corrected chi connectivity index (χ4v) is 3.16. The number of rotatable bonds is 4. The predicted molar refractivity (Wildman–Crippen MR) is 88.3 cm³/mol. The van der Waals surface area contributed by atoms with Crippen LogP contribution in [0.15, 0.2) is 54.6 Å². The summed E-state index contributed by atoms with van der Waals surface area (Å²) in [6, 6.07) is 20.1. The van der Waals surface area contributed by atoms with E-state index in [4.69, 9.17) is 0 Å². The Labute approximate surface area is 127 Å². The molecule has 0 bridgehead atoms. The molecule has 1 fully saturated rings. The van der Waals surface area contributed by atoms with Gasteiger partial charge in [-0.25, -0.2) is 0 Å². The highest BCUT2D eigenvalue weighted by atomic mass is 15.2. The lowest BCUT2D eigenvalue weighted by atomic mass is 10.0. The summed E-state index contributed by atoms with van der Waals surface area (Å²) in [6.07, 6.45) is 1.12. The summed E-state index contributed by atoms with van der Waals surface area (Å²) in [7, 11) is 0. The molecule has 1 saturated heterocycles. The lowest BCUT2D eigenvalue weighted by Gasteiger charge is -2.34. The minimum Gasteiger partial charge on any atom is -0.308 e. The molecule has 0 aromatic heterocycles. The van der Waals surface area contributed by atoms with Gasteiger partial charge in [-0.15, -0.1) is 0 Å². The van der Waals surface area contributed by atoms with E-state index in [9.17, 15) is 0 Å². The van der Waals surface area contributed by atoms with Gasteiger partial charge in [-0.05, 0) is 23.1 Å². The van der Waals surface area contributed by atoms with Crippen molar-refractivity contribution >= 4 is 0 Å². The van der Waals surface area contributed by atoms with Crippen LogP contribution in [0.2, 0.25) is 0 Å². The molecule has 3 rings (SSSR count). The third-order valence-electron chi connectivity index (χ3n) is 4.35. The van der Waals surface area contributed by atoms with E-state index in [2.05, 4.69) is 71.7 Å². The average Bonchev–Trinajstić information content (AvgIpc) is 2.56. The van der Waals surface area contributed by atoms with E-state index >= 15 is 0 Å². The minimum atomic E-state index is 0.453. The van der Waals surface area contributed by atoms with Gasteiger partial charge in [0.25, 0.3) is 0 Å². The van der Waals surface area contributed by atoms with E-state index in [-0.39, 0.29) is 0 Å². The van der Waals surface area contributed by atoms with Gasteiger partial charge in [-0.1, -0.05) is 61.5 Å². The number of piperazine rings is 1. The number of hydrogen-bond acceptors (Lipinski definition) is 2. The highest BCUT2D eigenvalue weighted by molar-refractivity contribution is 5.27. The molecule has 2 nitrogen and oxygen atoms in total. The quantitative estimate of drug-likeness (QED) is 0.923. The van der Waals surface area contributed by atoms with Gasteiger partial charge in [0.15, 0.2) is 0 Å². The number of nitrogens with zero attached hydrogens (tertiary/aromatic N) is 1. The van der Waals surface area contributed by atoms with E-state index in [1.807, 2.05) is 0 Å². The Morgan fingerprint density at radius 3 is 2.48 bits per heavy atom. The Bertz CT molecular complexity index is 565. The topological polar surface area (TPSA) is 15.3 Å². The summed E-state index contributed by atoms with van der Waals surface area (Å²) in [6.45, 7) is 6.58. The standard InChI is InChI=1S/C19H24N2/c1-2-16-8-6-7-11-18(16)14-21-13-12-20-19(15-21)17-9-4-3-5-10-17/h3-11,19-20H,2,12-15H2,1H3. The summed E-state index contributed by atoms with van der Waals surface area (Å²) in [4.78, 5) is 2.57. The number of nitrogens with one attached hydrogen (secondary N) is 1. The fourth-order valence-electron chi connectivity index (χ4n) is 3.16. The van der Waals surface area contributed by atoms with E-state index < -0.39 is 0 Å².